The zero-order chi connectivity index (χ0) is 24.0. The summed E-state index contributed by atoms with van der Waals surface area (Å²) in [6.07, 6.45) is 0.0395. The third kappa shape index (κ3) is 6.49. The standard InChI is InChI=1S/C25H27N3O4S/c1-16-10-11-22(12-17(16)2)28(19(4)29)25-27-21(15-33-25)14-32-23(30)13-18(3)26-24(31)20-8-6-5-7-9-20/h5-12,15,18H,13-14H2,1-4H3,(H,26,31). The summed E-state index contributed by atoms with van der Waals surface area (Å²) < 4.78 is 5.33. The van der Waals surface area contributed by atoms with Crippen LogP contribution in [-0.4, -0.2) is 28.8 Å². The van der Waals surface area contributed by atoms with Gasteiger partial charge in [-0.2, -0.15) is 0 Å². The molecule has 3 rings (SSSR count). The molecule has 7 nitrogen and oxygen atoms in total. The quantitative estimate of drug-likeness (QED) is 0.487. The molecule has 1 unspecified atom stereocenters. The van der Waals surface area contributed by atoms with Crippen LogP contribution < -0.4 is 10.2 Å². The Kier molecular flexibility index (Phi) is 7.95. The number of ether oxygens (including phenoxy) is 1. The lowest BCUT2D eigenvalue weighted by molar-refractivity contribution is -0.145. The number of esters is 1. The first kappa shape index (κ1) is 24.1. The van der Waals surface area contributed by atoms with E-state index in [1.165, 1.54) is 18.3 Å². The first-order chi connectivity index (χ1) is 15.7. The van der Waals surface area contributed by atoms with Crippen molar-refractivity contribution in [2.75, 3.05) is 4.90 Å². The highest BCUT2D eigenvalue weighted by Gasteiger charge is 2.19. The largest absolute Gasteiger partial charge is 0.459 e. The van der Waals surface area contributed by atoms with E-state index in [0.717, 1.165) is 16.8 Å². The second-order valence-corrected chi connectivity index (χ2v) is 8.69. The average molecular weight is 466 g/mol. The molecule has 2 aromatic carbocycles. The van der Waals surface area contributed by atoms with Crippen molar-refractivity contribution in [2.45, 2.75) is 46.8 Å². The molecule has 0 saturated carbocycles. The summed E-state index contributed by atoms with van der Waals surface area (Å²) in [5.74, 6) is -0.835. The van der Waals surface area contributed by atoms with E-state index in [-0.39, 0.29) is 30.9 Å². The van der Waals surface area contributed by atoms with Gasteiger partial charge in [0.2, 0.25) is 5.91 Å². The highest BCUT2D eigenvalue weighted by molar-refractivity contribution is 7.14. The minimum Gasteiger partial charge on any atom is -0.459 e. The molecule has 172 valence electrons. The highest BCUT2D eigenvalue weighted by Crippen LogP contribution is 2.30. The number of thiazole rings is 1. The van der Waals surface area contributed by atoms with Crippen molar-refractivity contribution >= 4 is 39.9 Å². The molecular weight excluding hydrogens is 438 g/mol. The van der Waals surface area contributed by atoms with Gasteiger partial charge in [0.05, 0.1) is 17.8 Å². The van der Waals surface area contributed by atoms with Crippen LogP contribution in [0.25, 0.3) is 0 Å². The van der Waals surface area contributed by atoms with Gasteiger partial charge in [-0.05, 0) is 56.2 Å². The van der Waals surface area contributed by atoms with Crippen LogP contribution in [0.15, 0.2) is 53.9 Å². The predicted molar refractivity (Wildman–Crippen MR) is 129 cm³/mol. The van der Waals surface area contributed by atoms with Crippen LogP contribution in [0.4, 0.5) is 10.8 Å². The summed E-state index contributed by atoms with van der Waals surface area (Å²) in [6, 6.07) is 14.2. The molecule has 33 heavy (non-hydrogen) atoms. The van der Waals surface area contributed by atoms with Crippen molar-refractivity contribution < 1.29 is 19.1 Å². The fraction of sp³-hybridized carbons (Fsp3) is 0.280. The van der Waals surface area contributed by atoms with E-state index in [1.807, 2.05) is 38.1 Å². The molecule has 0 bridgehead atoms. The van der Waals surface area contributed by atoms with E-state index in [4.69, 9.17) is 4.74 Å². The van der Waals surface area contributed by atoms with E-state index in [9.17, 15) is 14.4 Å². The molecule has 1 heterocycles. The molecule has 0 aliphatic rings. The molecule has 0 aliphatic heterocycles. The van der Waals surface area contributed by atoms with Crippen molar-refractivity contribution in [3.8, 4) is 0 Å². The zero-order valence-electron chi connectivity index (χ0n) is 19.1. The van der Waals surface area contributed by atoms with Crippen molar-refractivity contribution in [3.05, 3.63) is 76.3 Å². The van der Waals surface area contributed by atoms with E-state index in [2.05, 4.69) is 10.3 Å². The summed E-state index contributed by atoms with van der Waals surface area (Å²) in [5.41, 5.74) is 4.05. The fourth-order valence-corrected chi connectivity index (χ4v) is 4.04. The lowest BCUT2D eigenvalue weighted by Crippen LogP contribution is -2.34. The van der Waals surface area contributed by atoms with Gasteiger partial charge in [-0.3, -0.25) is 19.3 Å². The van der Waals surface area contributed by atoms with Gasteiger partial charge in [-0.25, -0.2) is 4.98 Å². The molecule has 0 spiro atoms. The van der Waals surface area contributed by atoms with Gasteiger partial charge < -0.3 is 10.1 Å². The first-order valence-electron chi connectivity index (χ1n) is 10.6. The number of rotatable bonds is 8. The molecule has 0 fully saturated rings. The number of anilines is 2. The lowest BCUT2D eigenvalue weighted by atomic mass is 10.1. The van der Waals surface area contributed by atoms with Crippen LogP contribution >= 0.6 is 11.3 Å². The molecule has 1 atom stereocenters. The number of nitrogens with zero attached hydrogens (tertiary/aromatic N) is 2. The Morgan fingerprint density at radius 3 is 2.48 bits per heavy atom. The molecule has 2 amide bonds. The highest BCUT2D eigenvalue weighted by atomic mass is 32.1. The minimum atomic E-state index is -0.442. The third-order valence-electron chi connectivity index (χ3n) is 5.06. The molecule has 3 aromatic rings. The minimum absolute atomic E-state index is 0.00659. The smallest absolute Gasteiger partial charge is 0.308 e. The van der Waals surface area contributed by atoms with Gasteiger partial charge in [-0.15, -0.1) is 11.3 Å². The monoisotopic (exact) mass is 465 g/mol. The number of carbonyl (C=O) groups is 3. The Labute approximate surface area is 197 Å². The van der Waals surface area contributed by atoms with E-state index < -0.39 is 5.97 Å². The number of carbonyl (C=O) groups excluding carboxylic acids is 3. The van der Waals surface area contributed by atoms with Crippen LogP contribution in [0.2, 0.25) is 0 Å². The van der Waals surface area contributed by atoms with E-state index >= 15 is 0 Å². The summed E-state index contributed by atoms with van der Waals surface area (Å²) in [7, 11) is 0. The van der Waals surface area contributed by atoms with Gasteiger partial charge in [-0.1, -0.05) is 24.3 Å². The number of nitrogens with one attached hydrogen (secondary N) is 1. The topological polar surface area (TPSA) is 88.6 Å². The van der Waals surface area contributed by atoms with E-state index in [1.54, 1.807) is 41.5 Å². The lowest BCUT2D eigenvalue weighted by Gasteiger charge is -2.19. The number of aromatic nitrogens is 1. The Morgan fingerprint density at radius 2 is 1.82 bits per heavy atom. The molecule has 0 aliphatic carbocycles. The van der Waals surface area contributed by atoms with Crippen LogP contribution in [0.1, 0.15) is 47.4 Å². The molecule has 0 saturated heterocycles. The maximum absolute atomic E-state index is 12.3. The molecule has 8 heteroatoms. The Balaban J connectivity index is 1.56. The van der Waals surface area contributed by atoms with Gasteiger partial charge >= 0.3 is 5.97 Å². The third-order valence-corrected chi connectivity index (χ3v) is 5.94. The van der Waals surface area contributed by atoms with Crippen molar-refractivity contribution in [2.24, 2.45) is 0 Å². The normalized spacial score (nSPS) is 11.5. The van der Waals surface area contributed by atoms with Crippen molar-refractivity contribution in [1.82, 2.24) is 10.3 Å². The molecule has 1 N–H and O–H groups in total. The maximum atomic E-state index is 12.3. The van der Waals surface area contributed by atoms with Crippen molar-refractivity contribution in [1.29, 1.82) is 0 Å². The summed E-state index contributed by atoms with van der Waals surface area (Å²) in [6.45, 7) is 7.24. The Hall–Kier alpha value is -3.52. The van der Waals surface area contributed by atoms with Gasteiger partial charge in [0, 0.05) is 23.9 Å². The second kappa shape index (κ2) is 10.9. The molecule has 1 aromatic heterocycles. The van der Waals surface area contributed by atoms with Crippen LogP contribution in [0.5, 0.6) is 0 Å². The zero-order valence-corrected chi connectivity index (χ0v) is 19.9. The van der Waals surface area contributed by atoms with Gasteiger partial charge in [0.15, 0.2) is 5.13 Å². The Bertz CT molecular complexity index is 1140. The SMILES string of the molecule is CC(=O)N(c1ccc(C)c(C)c1)c1nc(COC(=O)CC(C)NC(=O)c2ccccc2)cs1. The number of aryl methyl sites for hydroxylation is 2. The van der Waals surface area contributed by atoms with Crippen molar-refractivity contribution in [3.63, 3.8) is 0 Å². The number of hydrogen-bond acceptors (Lipinski definition) is 6. The predicted octanol–water partition coefficient (Wildman–Crippen LogP) is 4.70. The average Bonchev–Trinajstić information content (AvgIpc) is 3.23. The first-order valence-corrected chi connectivity index (χ1v) is 11.5. The Morgan fingerprint density at radius 1 is 1.09 bits per heavy atom. The maximum Gasteiger partial charge on any atom is 0.308 e. The number of amides is 2. The summed E-state index contributed by atoms with van der Waals surface area (Å²) >= 11 is 1.31. The second-order valence-electron chi connectivity index (χ2n) is 7.85. The van der Waals surface area contributed by atoms with E-state index in [0.29, 0.717) is 16.4 Å². The number of benzene rings is 2. The fourth-order valence-electron chi connectivity index (χ4n) is 3.17. The molecular formula is C25H27N3O4S. The van der Waals surface area contributed by atoms with Crippen LogP contribution in [0, 0.1) is 13.8 Å². The van der Waals surface area contributed by atoms with Crippen LogP contribution in [-0.2, 0) is 20.9 Å². The summed E-state index contributed by atoms with van der Waals surface area (Å²) in [5, 5.41) is 5.06. The number of hydrogen-bond donors (Lipinski definition) is 1. The summed E-state index contributed by atoms with van der Waals surface area (Å²) in [4.78, 5) is 42.7. The van der Waals surface area contributed by atoms with Crippen LogP contribution in [0.3, 0.4) is 0 Å². The molecule has 0 radical (unpaired) electrons. The van der Waals surface area contributed by atoms with Gasteiger partial charge in [0.25, 0.3) is 5.91 Å². The van der Waals surface area contributed by atoms with Gasteiger partial charge in [0.1, 0.15) is 6.61 Å².